The van der Waals surface area contributed by atoms with Crippen LogP contribution >= 0.6 is 0 Å². The van der Waals surface area contributed by atoms with Crippen LogP contribution in [0, 0.1) is 0 Å². The van der Waals surface area contributed by atoms with Gasteiger partial charge in [0.2, 0.25) is 0 Å². The number of piperidine rings is 1. The highest BCUT2D eigenvalue weighted by Gasteiger charge is 2.35. The molecule has 1 saturated heterocycles. The summed E-state index contributed by atoms with van der Waals surface area (Å²) in [4.78, 5) is 7.00. The Labute approximate surface area is 110 Å². The molecule has 0 spiro atoms. The Hall–Kier alpha value is -0.770. The van der Waals surface area contributed by atoms with Crippen LogP contribution in [-0.2, 0) is 0 Å². The number of hydrogen-bond acceptors (Lipinski definition) is 2. The number of nitrogens with zero attached hydrogens (tertiary/aromatic N) is 2. The van der Waals surface area contributed by atoms with Gasteiger partial charge in [-0.05, 0) is 51.6 Å². The zero-order chi connectivity index (χ0) is 12.4. The van der Waals surface area contributed by atoms with Crippen LogP contribution in [0.2, 0.25) is 0 Å². The molecule has 102 valence electrons. The third kappa shape index (κ3) is 2.97. The van der Waals surface area contributed by atoms with Gasteiger partial charge in [-0.3, -0.25) is 4.99 Å². The van der Waals surface area contributed by atoms with Gasteiger partial charge in [0.15, 0.2) is 5.96 Å². The van der Waals surface area contributed by atoms with Crippen LogP contribution in [0.4, 0.5) is 0 Å². The van der Waals surface area contributed by atoms with Gasteiger partial charge < -0.3 is 15.5 Å². The third-order valence-electron chi connectivity index (χ3n) is 4.50. The maximum atomic E-state index is 4.31. The molecule has 0 aromatic carbocycles. The molecular weight excluding hydrogens is 224 g/mol. The summed E-state index contributed by atoms with van der Waals surface area (Å²) in [7, 11) is 1.87. The van der Waals surface area contributed by atoms with Gasteiger partial charge in [0.1, 0.15) is 0 Å². The first-order chi connectivity index (χ1) is 8.85. The van der Waals surface area contributed by atoms with E-state index in [1.807, 2.05) is 7.05 Å². The normalized spacial score (nSPS) is 33.9. The van der Waals surface area contributed by atoms with E-state index in [4.69, 9.17) is 0 Å². The van der Waals surface area contributed by atoms with Crippen molar-refractivity contribution in [3.05, 3.63) is 0 Å². The molecule has 18 heavy (non-hydrogen) atoms. The van der Waals surface area contributed by atoms with Crippen LogP contribution < -0.4 is 10.6 Å². The average Bonchev–Trinajstić information content (AvgIpc) is 3.16. The molecule has 0 bridgehead atoms. The predicted octanol–water partition coefficient (Wildman–Crippen LogP) is 1.33. The molecule has 1 aliphatic heterocycles. The molecule has 0 atom stereocenters. The smallest absolute Gasteiger partial charge is 0.191 e. The molecular formula is C14H26N4. The molecule has 0 aromatic heterocycles. The van der Waals surface area contributed by atoms with Gasteiger partial charge in [-0.15, -0.1) is 0 Å². The summed E-state index contributed by atoms with van der Waals surface area (Å²) in [6.07, 6.45) is 9.45. The van der Waals surface area contributed by atoms with Crippen molar-refractivity contribution in [2.75, 3.05) is 20.1 Å². The summed E-state index contributed by atoms with van der Waals surface area (Å²) >= 11 is 0. The van der Waals surface area contributed by atoms with Crippen LogP contribution in [-0.4, -0.2) is 49.1 Å². The maximum Gasteiger partial charge on any atom is 0.191 e. The van der Waals surface area contributed by atoms with Gasteiger partial charge >= 0.3 is 0 Å². The summed E-state index contributed by atoms with van der Waals surface area (Å²) in [5.74, 6) is 1.01. The second kappa shape index (κ2) is 5.47. The molecule has 3 fully saturated rings. The summed E-state index contributed by atoms with van der Waals surface area (Å²) in [5.41, 5.74) is 0. The minimum Gasteiger partial charge on any atom is -0.354 e. The molecule has 0 amide bonds. The first-order valence-corrected chi connectivity index (χ1v) is 7.59. The zero-order valence-electron chi connectivity index (χ0n) is 11.5. The lowest BCUT2D eigenvalue weighted by Crippen LogP contribution is -2.57. The van der Waals surface area contributed by atoms with E-state index in [-0.39, 0.29) is 0 Å². The Morgan fingerprint density at radius 3 is 2.28 bits per heavy atom. The maximum absolute atomic E-state index is 4.31. The van der Waals surface area contributed by atoms with Crippen LogP contribution in [0.15, 0.2) is 4.99 Å². The Kier molecular flexibility index (Phi) is 3.73. The van der Waals surface area contributed by atoms with E-state index in [0.29, 0.717) is 12.1 Å². The first kappa shape index (κ1) is 12.3. The molecule has 2 saturated carbocycles. The van der Waals surface area contributed by atoms with Crippen LogP contribution in [0.1, 0.15) is 44.9 Å². The molecule has 4 nitrogen and oxygen atoms in total. The number of hydrogen-bond donors (Lipinski definition) is 2. The summed E-state index contributed by atoms with van der Waals surface area (Å²) in [6, 6.07) is 2.16. The fourth-order valence-corrected chi connectivity index (χ4v) is 3.07. The monoisotopic (exact) mass is 250 g/mol. The van der Waals surface area contributed by atoms with Crippen LogP contribution in [0.3, 0.4) is 0 Å². The van der Waals surface area contributed by atoms with Crippen molar-refractivity contribution in [3.63, 3.8) is 0 Å². The molecule has 1 heterocycles. The highest BCUT2D eigenvalue weighted by molar-refractivity contribution is 5.80. The van der Waals surface area contributed by atoms with E-state index in [9.17, 15) is 0 Å². The van der Waals surface area contributed by atoms with Gasteiger partial charge in [0.05, 0.1) is 0 Å². The van der Waals surface area contributed by atoms with Gasteiger partial charge in [0.25, 0.3) is 0 Å². The fraction of sp³-hybridized carbons (Fsp3) is 0.929. The quantitative estimate of drug-likeness (QED) is 0.586. The van der Waals surface area contributed by atoms with Crippen molar-refractivity contribution >= 4 is 5.96 Å². The molecule has 0 unspecified atom stereocenters. The first-order valence-electron chi connectivity index (χ1n) is 7.59. The lowest BCUT2D eigenvalue weighted by molar-refractivity contribution is 0.0844. The van der Waals surface area contributed by atoms with Gasteiger partial charge in [-0.1, -0.05) is 6.42 Å². The van der Waals surface area contributed by atoms with Crippen molar-refractivity contribution in [1.82, 2.24) is 15.5 Å². The SMILES string of the molecule is CN=C(NC1CC1)NC1CC(N2CCCCC2)C1. The average molecular weight is 250 g/mol. The largest absolute Gasteiger partial charge is 0.354 e. The fourth-order valence-electron chi connectivity index (χ4n) is 3.07. The third-order valence-corrected chi connectivity index (χ3v) is 4.50. The number of guanidine groups is 1. The van der Waals surface area contributed by atoms with E-state index in [1.165, 1.54) is 58.0 Å². The summed E-state index contributed by atoms with van der Waals surface area (Å²) in [5, 5.41) is 7.02. The standard InChI is InChI=1S/C14H26N4/c1-15-14(16-11-5-6-11)17-12-9-13(10-12)18-7-3-2-4-8-18/h11-13H,2-10H2,1H3,(H2,15,16,17). The van der Waals surface area contributed by atoms with E-state index in [1.54, 1.807) is 0 Å². The van der Waals surface area contributed by atoms with E-state index in [2.05, 4.69) is 20.5 Å². The molecule has 3 aliphatic rings. The van der Waals surface area contributed by atoms with Gasteiger partial charge in [0, 0.05) is 25.2 Å². The predicted molar refractivity (Wildman–Crippen MR) is 74.9 cm³/mol. The Morgan fingerprint density at radius 2 is 1.67 bits per heavy atom. The van der Waals surface area contributed by atoms with E-state index >= 15 is 0 Å². The Bertz CT molecular complexity index is 299. The lowest BCUT2D eigenvalue weighted by atomic mass is 9.84. The van der Waals surface area contributed by atoms with Crippen LogP contribution in [0.5, 0.6) is 0 Å². The number of rotatable bonds is 3. The summed E-state index contributed by atoms with van der Waals surface area (Å²) in [6.45, 7) is 2.65. The van der Waals surface area contributed by atoms with Crippen molar-refractivity contribution in [3.8, 4) is 0 Å². The summed E-state index contributed by atoms with van der Waals surface area (Å²) < 4.78 is 0. The Morgan fingerprint density at radius 1 is 1.00 bits per heavy atom. The molecule has 3 rings (SSSR count). The second-order valence-electron chi connectivity index (χ2n) is 6.05. The van der Waals surface area contributed by atoms with Crippen molar-refractivity contribution in [2.45, 2.75) is 63.1 Å². The highest BCUT2D eigenvalue weighted by atomic mass is 15.2. The topological polar surface area (TPSA) is 39.7 Å². The zero-order valence-corrected chi connectivity index (χ0v) is 11.5. The Balaban J connectivity index is 1.38. The van der Waals surface area contributed by atoms with Crippen molar-refractivity contribution in [1.29, 1.82) is 0 Å². The second-order valence-corrected chi connectivity index (χ2v) is 6.05. The number of likely N-dealkylation sites (tertiary alicyclic amines) is 1. The van der Waals surface area contributed by atoms with E-state index < -0.39 is 0 Å². The van der Waals surface area contributed by atoms with Gasteiger partial charge in [-0.25, -0.2) is 0 Å². The minimum absolute atomic E-state index is 0.641. The molecule has 4 heteroatoms. The van der Waals surface area contributed by atoms with Crippen molar-refractivity contribution in [2.24, 2.45) is 4.99 Å². The molecule has 2 N–H and O–H groups in total. The number of nitrogens with one attached hydrogen (secondary N) is 2. The molecule has 0 radical (unpaired) electrons. The number of aliphatic imine (C=N–C) groups is 1. The molecule has 2 aliphatic carbocycles. The van der Waals surface area contributed by atoms with Crippen molar-refractivity contribution < 1.29 is 0 Å². The minimum atomic E-state index is 0.641. The van der Waals surface area contributed by atoms with Gasteiger partial charge in [-0.2, -0.15) is 0 Å². The van der Waals surface area contributed by atoms with E-state index in [0.717, 1.165) is 12.0 Å². The molecule has 0 aromatic rings. The highest BCUT2D eigenvalue weighted by Crippen LogP contribution is 2.28. The lowest BCUT2D eigenvalue weighted by Gasteiger charge is -2.45. The van der Waals surface area contributed by atoms with Crippen LogP contribution in [0.25, 0.3) is 0 Å².